The predicted octanol–water partition coefficient (Wildman–Crippen LogP) is 2.38. The van der Waals surface area contributed by atoms with Crippen LogP contribution >= 0.6 is 0 Å². The summed E-state index contributed by atoms with van der Waals surface area (Å²) in [4.78, 5) is 15.0. The van der Waals surface area contributed by atoms with Crippen molar-refractivity contribution in [3.8, 4) is 5.75 Å². The largest absolute Gasteiger partial charge is 0.478 e. The SMILES string of the molecule is COC1CN(C(C)C)CC1NC(=O)C(C)(C)Oc1ccc(C)cc1. The summed E-state index contributed by atoms with van der Waals surface area (Å²) in [6, 6.07) is 8.13. The third kappa shape index (κ3) is 4.48. The van der Waals surface area contributed by atoms with Crippen molar-refractivity contribution >= 4 is 5.91 Å². The Morgan fingerprint density at radius 1 is 1.25 bits per heavy atom. The molecule has 0 radical (unpaired) electrons. The zero-order valence-corrected chi connectivity index (χ0v) is 15.6. The van der Waals surface area contributed by atoms with Crippen LogP contribution in [0.1, 0.15) is 33.3 Å². The van der Waals surface area contributed by atoms with Crippen LogP contribution in [0.2, 0.25) is 0 Å². The quantitative estimate of drug-likeness (QED) is 0.868. The summed E-state index contributed by atoms with van der Waals surface area (Å²) < 4.78 is 11.5. The lowest BCUT2D eigenvalue weighted by Gasteiger charge is -2.28. The molecule has 1 aliphatic heterocycles. The zero-order valence-electron chi connectivity index (χ0n) is 15.6. The van der Waals surface area contributed by atoms with Crippen LogP contribution in [0.3, 0.4) is 0 Å². The molecule has 2 atom stereocenters. The second kappa shape index (κ2) is 7.53. The number of nitrogens with zero attached hydrogens (tertiary/aromatic N) is 1. The molecule has 1 heterocycles. The number of hydrogen-bond donors (Lipinski definition) is 1. The molecule has 1 aromatic rings. The lowest BCUT2D eigenvalue weighted by Crippen LogP contribution is -2.53. The number of aryl methyl sites for hydroxylation is 1. The van der Waals surface area contributed by atoms with Gasteiger partial charge in [-0.25, -0.2) is 0 Å². The molecule has 1 amide bonds. The van der Waals surface area contributed by atoms with E-state index in [1.165, 1.54) is 0 Å². The molecular weight excluding hydrogens is 304 g/mol. The van der Waals surface area contributed by atoms with Crippen molar-refractivity contribution in [3.63, 3.8) is 0 Å². The molecule has 1 fully saturated rings. The van der Waals surface area contributed by atoms with E-state index in [1.807, 2.05) is 31.2 Å². The average molecular weight is 334 g/mol. The summed E-state index contributed by atoms with van der Waals surface area (Å²) >= 11 is 0. The number of nitrogens with one attached hydrogen (secondary N) is 1. The van der Waals surface area contributed by atoms with Crippen LogP contribution in [0.5, 0.6) is 5.75 Å². The van der Waals surface area contributed by atoms with Crippen LogP contribution in [-0.4, -0.2) is 54.8 Å². The number of benzene rings is 1. The highest BCUT2D eigenvalue weighted by atomic mass is 16.5. The highest BCUT2D eigenvalue weighted by Gasteiger charge is 2.38. The molecule has 0 aromatic heterocycles. The fraction of sp³-hybridized carbons (Fsp3) is 0.632. The predicted molar refractivity (Wildman–Crippen MR) is 95.3 cm³/mol. The van der Waals surface area contributed by atoms with E-state index >= 15 is 0 Å². The first kappa shape index (κ1) is 18.7. The molecule has 1 aliphatic rings. The fourth-order valence-electron chi connectivity index (χ4n) is 2.89. The third-order valence-electron chi connectivity index (χ3n) is 4.58. The Balaban J connectivity index is 2.00. The van der Waals surface area contributed by atoms with Crippen molar-refractivity contribution in [3.05, 3.63) is 29.8 Å². The van der Waals surface area contributed by atoms with E-state index in [2.05, 4.69) is 24.1 Å². The maximum atomic E-state index is 12.7. The van der Waals surface area contributed by atoms with E-state index in [0.29, 0.717) is 11.8 Å². The van der Waals surface area contributed by atoms with Crippen molar-refractivity contribution in [2.24, 2.45) is 0 Å². The van der Waals surface area contributed by atoms with Crippen LogP contribution in [0.25, 0.3) is 0 Å². The van der Waals surface area contributed by atoms with Gasteiger partial charge in [0.2, 0.25) is 0 Å². The molecule has 0 aliphatic carbocycles. The molecular formula is C19H30N2O3. The van der Waals surface area contributed by atoms with Gasteiger partial charge in [-0.05, 0) is 46.8 Å². The standard InChI is InChI=1S/C19H30N2O3/c1-13(2)21-11-16(17(12-21)23-6)20-18(22)19(4,5)24-15-9-7-14(3)8-10-15/h7-10,13,16-17H,11-12H2,1-6H3,(H,20,22). The number of carbonyl (C=O) groups is 1. The molecule has 5 heteroatoms. The number of rotatable bonds is 6. The Hall–Kier alpha value is -1.59. The van der Waals surface area contributed by atoms with Gasteiger partial charge in [-0.3, -0.25) is 9.69 Å². The number of hydrogen-bond acceptors (Lipinski definition) is 4. The highest BCUT2D eigenvalue weighted by Crippen LogP contribution is 2.21. The second-order valence-electron chi connectivity index (χ2n) is 7.33. The smallest absolute Gasteiger partial charge is 0.263 e. The summed E-state index contributed by atoms with van der Waals surface area (Å²) in [5.74, 6) is 0.569. The molecule has 134 valence electrons. The van der Waals surface area contributed by atoms with E-state index in [-0.39, 0.29) is 18.1 Å². The van der Waals surface area contributed by atoms with E-state index in [1.54, 1.807) is 21.0 Å². The molecule has 2 unspecified atom stereocenters. The van der Waals surface area contributed by atoms with E-state index in [4.69, 9.17) is 9.47 Å². The van der Waals surface area contributed by atoms with Gasteiger partial charge in [0.1, 0.15) is 5.75 Å². The minimum atomic E-state index is -0.946. The van der Waals surface area contributed by atoms with Crippen molar-refractivity contribution in [2.45, 2.75) is 58.4 Å². The summed E-state index contributed by atoms with van der Waals surface area (Å²) in [6.45, 7) is 11.5. The molecule has 5 nitrogen and oxygen atoms in total. The van der Waals surface area contributed by atoms with Gasteiger partial charge in [0.15, 0.2) is 5.60 Å². The maximum absolute atomic E-state index is 12.7. The van der Waals surface area contributed by atoms with Crippen LogP contribution in [0.4, 0.5) is 0 Å². The first-order valence-electron chi connectivity index (χ1n) is 8.56. The zero-order chi connectivity index (χ0) is 17.9. The summed E-state index contributed by atoms with van der Waals surface area (Å²) in [5.41, 5.74) is 0.214. The average Bonchev–Trinajstić information content (AvgIpc) is 2.92. The summed E-state index contributed by atoms with van der Waals surface area (Å²) in [6.07, 6.45) is 0.00604. The van der Waals surface area contributed by atoms with Gasteiger partial charge in [-0.15, -0.1) is 0 Å². The first-order valence-corrected chi connectivity index (χ1v) is 8.56. The van der Waals surface area contributed by atoms with Crippen molar-refractivity contribution in [2.75, 3.05) is 20.2 Å². The molecule has 0 spiro atoms. The van der Waals surface area contributed by atoms with E-state index in [0.717, 1.165) is 18.7 Å². The van der Waals surface area contributed by atoms with Gasteiger partial charge in [0, 0.05) is 26.2 Å². The molecule has 0 saturated carbocycles. The topological polar surface area (TPSA) is 50.8 Å². The minimum Gasteiger partial charge on any atom is -0.478 e. The Labute approximate surface area is 145 Å². The molecule has 1 aromatic carbocycles. The third-order valence-corrected chi connectivity index (χ3v) is 4.58. The van der Waals surface area contributed by atoms with Crippen molar-refractivity contribution in [1.82, 2.24) is 10.2 Å². The maximum Gasteiger partial charge on any atom is 0.263 e. The summed E-state index contributed by atoms with van der Waals surface area (Å²) in [5, 5.41) is 3.11. The number of ether oxygens (including phenoxy) is 2. The van der Waals surface area contributed by atoms with Gasteiger partial charge in [-0.1, -0.05) is 17.7 Å². The Morgan fingerprint density at radius 3 is 2.42 bits per heavy atom. The molecule has 1 saturated heterocycles. The minimum absolute atomic E-state index is 0.00604. The Bertz CT molecular complexity index is 554. The molecule has 1 N–H and O–H groups in total. The van der Waals surface area contributed by atoms with Gasteiger partial charge >= 0.3 is 0 Å². The van der Waals surface area contributed by atoms with Crippen LogP contribution in [0.15, 0.2) is 24.3 Å². The number of methoxy groups -OCH3 is 1. The summed E-state index contributed by atoms with van der Waals surface area (Å²) in [7, 11) is 1.70. The highest BCUT2D eigenvalue weighted by molar-refractivity contribution is 5.85. The first-order chi connectivity index (χ1) is 11.2. The van der Waals surface area contributed by atoms with Gasteiger partial charge in [0.05, 0.1) is 12.1 Å². The molecule has 24 heavy (non-hydrogen) atoms. The Kier molecular flexibility index (Phi) is 5.88. The van der Waals surface area contributed by atoms with Crippen molar-refractivity contribution < 1.29 is 14.3 Å². The molecule has 0 bridgehead atoms. The van der Waals surface area contributed by atoms with Crippen LogP contribution in [0, 0.1) is 6.92 Å². The van der Waals surface area contributed by atoms with Gasteiger partial charge in [-0.2, -0.15) is 0 Å². The van der Waals surface area contributed by atoms with E-state index in [9.17, 15) is 4.79 Å². The van der Waals surface area contributed by atoms with Crippen LogP contribution in [-0.2, 0) is 9.53 Å². The molecule has 2 rings (SSSR count). The fourth-order valence-corrected chi connectivity index (χ4v) is 2.89. The lowest BCUT2D eigenvalue weighted by atomic mass is 10.1. The van der Waals surface area contributed by atoms with Gasteiger partial charge < -0.3 is 14.8 Å². The normalized spacial score (nSPS) is 22.0. The van der Waals surface area contributed by atoms with Crippen molar-refractivity contribution in [1.29, 1.82) is 0 Å². The monoisotopic (exact) mass is 334 g/mol. The van der Waals surface area contributed by atoms with E-state index < -0.39 is 5.60 Å². The Morgan fingerprint density at radius 2 is 1.88 bits per heavy atom. The van der Waals surface area contributed by atoms with Crippen LogP contribution < -0.4 is 10.1 Å². The second-order valence-corrected chi connectivity index (χ2v) is 7.33. The number of amides is 1. The number of carbonyl (C=O) groups excluding carboxylic acids is 1. The lowest BCUT2D eigenvalue weighted by molar-refractivity contribution is -0.135. The van der Waals surface area contributed by atoms with Gasteiger partial charge in [0.25, 0.3) is 5.91 Å². The number of likely N-dealkylation sites (tertiary alicyclic amines) is 1.